The highest BCUT2D eigenvalue weighted by molar-refractivity contribution is 5.90. The third kappa shape index (κ3) is 4.69. The second kappa shape index (κ2) is 7.96. The van der Waals surface area contributed by atoms with Crippen LogP contribution in [0.25, 0.3) is 0 Å². The summed E-state index contributed by atoms with van der Waals surface area (Å²) in [5, 5.41) is 0. The van der Waals surface area contributed by atoms with E-state index in [-0.39, 0.29) is 24.6 Å². The molecule has 0 aromatic heterocycles. The molecule has 1 aliphatic rings. The van der Waals surface area contributed by atoms with Gasteiger partial charge in [-0.15, -0.1) is 0 Å². The first-order chi connectivity index (χ1) is 10.2. The fourth-order valence-electron chi connectivity index (χ4n) is 2.31. The summed E-state index contributed by atoms with van der Waals surface area (Å²) in [6.45, 7) is 2.74. The average Bonchev–Trinajstić information content (AvgIpc) is 2.73. The van der Waals surface area contributed by atoms with E-state index >= 15 is 0 Å². The molecule has 0 radical (unpaired) electrons. The zero-order chi connectivity index (χ0) is 15.1. The van der Waals surface area contributed by atoms with Crippen molar-refractivity contribution >= 4 is 5.78 Å². The first kappa shape index (κ1) is 15.7. The lowest BCUT2D eigenvalue weighted by molar-refractivity contribution is -0.125. The maximum Gasteiger partial charge on any atom is 0.180 e. The molecule has 4 heteroatoms. The molecule has 1 aromatic rings. The predicted octanol–water partition coefficient (Wildman–Crippen LogP) is 2.90. The smallest absolute Gasteiger partial charge is 0.180 e. The van der Waals surface area contributed by atoms with E-state index in [1.54, 1.807) is 13.2 Å². The minimum absolute atomic E-state index is 0.0114. The van der Waals surface area contributed by atoms with E-state index in [2.05, 4.69) is 6.92 Å². The predicted molar refractivity (Wildman–Crippen MR) is 80.4 cm³/mol. The van der Waals surface area contributed by atoms with Gasteiger partial charge < -0.3 is 14.2 Å². The van der Waals surface area contributed by atoms with Gasteiger partial charge in [-0.3, -0.25) is 4.79 Å². The molecule has 4 nitrogen and oxygen atoms in total. The molecule has 0 fully saturated rings. The SMILES string of the molecule is CC[C@@H](OCc1ccc(OC)cc1)[C@H]1CC=CC(=O)CO1. The molecular weight excluding hydrogens is 268 g/mol. The summed E-state index contributed by atoms with van der Waals surface area (Å²) in [7, 11) is 1.65. The molecule has 0 saturated carbocycles. The number of ketones is 1. The van der Waals surface area contributed by atoms with E-state index in [4.69, 9.17) is 14.2 Å². The summed E-state index contributed by atoms with van der Waals surface area (Å²) in [5.41, 5.74) is 1.09. The number of ether oxygens (including phenoxy) is 3. The fourth-order valence-corrected chi connectivity index (χ4v) is 2.31. The van der Waals surface area contributed by atoms with Gasteiger partial charge in [0.05, 0.1) is 25.9 Å². The first-order valence-corrected chi connectivity index (χ1v) is 7.28. The summed E-state index contributed by atoms with van der Waals surface area (Å²) < 4.78 is 16.7. The molecule has 2 rings (SSSR count). The molecule has 0 aliphatic carbocycles. The van der Waals surface area contributed by atoms with Crippen molar-refractivity contribution in [1.82, 2.24) is 0 Å². The quantitative estimate of drug-likeness (QED) is 0.808. The van der Waals surface area contributed by atoms with Crippen molar-refractivity contribution in [2.45, 2.75) is 38.6 Å². The highest BCUT2D eigenvalue weighted by atomic mass is 16.5. The minimum atomic E-state index is -0.0593. The normalized spacial score (nSPS) is 20.1. The Hall–Kier alpha value is -1.65. The van der Waals surface area contributed by atoms with Crippen molar-refractivity contribution in [2.24, 2.45) is 0 Å². The largest absolute Gasteiger partial charge is 0.497 e. The first-order valence-electron chi connectivity index (χ1n) is 7.28. The van der Waals surface area contributed by atoms with Crippen LogP contribution in [0.1, 0.15) is 25.3 Å². The Balaban J connectivity index is 1.89. The molecular formula is C17H22O4. The van der Waals surface area contributed by atoms with Gasteiger partial charge in [-0.1, -0.05) is 25.1 Å². The summed E-state index contributed by atoms with van der Waals surface area (Å²) >= 11 is 0. The van der Waals surface area contributed by atoms with Crippen LogP contribution in [0.5, 0.6) is 5.75 Å². The van der Waals surface area contributed by atoms with Crippen LogP contribution in [0, 0.1) is 0 Å². The molecule has 0 unspecified atom stereocenters. The number of hydrogen-bond acceptors (Lipinski definition) is 4. The molecule has 114 valence electrons. The van der Waals surface area contributed by atoms with Crippen molar-refractivity contribution < 1.29 is 19.0 Å². The van der Waals surface area contributed by atoms with Crippen molar-refractivity contribution in [1.29, 1.82) is 0 Å². The van der Waals surface area contributed by atoms with Crippen molar-refractivity contribution in [3.05, 3.63) is 42.0 Å². The van der Waals surface area contributed by atoms with Crippen LogP contribution in [0.4, 0.5) is 0 Å². The van der Waals surface area contributed by atoms with Crippen LogP contribution in [-0.4, -0.2) is 31.7 Å². The van der Waals surface area contributed by atoms with Crippen LogP contribution in [0.15, 0.2) is 36.4 Å². The second-order valence-electron chi connectivity index (χ2n) is 5.06. The molecule has 2 atom stereocenters. The van der Waals surface area contributed by atoms with Gasteiger partial charge >= 0.3 is 0 Å². The van der Waals surface area contributed by atoms with Crippen LogP contribution in [0.2, 0.25) is 0 Å². The van der Waals surface area contributed by atoms with Gasteiger partial charge in [0.25, 0.3) is 0 Å². The minimum Gasteiger partial charge on any atom is -0.497 e. The van der Waals surface area contributed by atoms with Crippen LogP contribution >= 0.6 is 0 Å². The zero-order valence-corrected chi connectivity index (χ0v) is 12.6. The maximum atomic E-state index is 11.3. The fraction of sp³-hybridized carbons (Fsp3) is 0.471. The van der Waals surface area contributed by atoms with E-state index in [0.29, 0.717) is 13.0 Å². The van der Waals surface area contributed by atoms with Gasteiger partial charge in [0.1, 0.15) is 12.4 Å². The van der Waals surface area contributed by atoms with Gasteiger partial charge in [-0.05, 0) is 36.6 Å². The number of methoxy groups -OCH3 is 1. The molecule has 0 bridgehead atoms. The van der Waals surface area contributed by atoms with Crippen LogP contribution in [-0.2, 0) is 20.9 Å². The van der Waals surface area contributed by atoms with Crippen LogP contribution in [0.3, 0.4) is 0 Å². The van der Waals surface area contributed by atoms with E-state index in [1.165, 1.54) is 0 Å². The van der Waals surface area contributed by atoms with E-state index in [1.807, 2.05) is 30.3 Å². The van der Waals surface area contributed by atoms with Crippen molar-refractivity contribution in [3.63, 3.8) is 0 Å². The Labute approximate surface area is 125 Å². The van der Waals surface area contributed by atoms with Gasteiger partial charge in [-0.25, -0.2) is 0 Å². The monoisotopic (exact) mass is 290 g/mol. The van der Waals surface area contributed by atoms with Gasteiger partial charge in [0.2, 0.25) is 0 Å². The van der Waals surface area contributed by atoms with Crippen molar-refractivity contribution in [2.75, 3.05) is 13.7 Å². The second-order valence-corrected chi connectivity index (χ2v) is 5.06. The van der Waals surface area contributed by atoms with Gasteiger partial charge in [-0.2, -0.15) is 0 Å². The van der Waals surface area contributed by atoms with E-state index in [9.17, 15) is 4.79 Å². The number of hydrogen-bond donors (Lipinski definition) is 0. The molecule has 0 amide bonds. The Morgan fingerprint density at radius 3 is 2.76 bits per heavy atom. The standard InChI is InChI=1S/C17H22O4/c1-3-16(17-6-4-5-14(18)12-21-17)20-11-13-7-9-15(19-2)10-8-13/h4-5,7-10,16-17H,3,6,11-12H2,1-2H3/t16-,17-/m1/s1. The molecule has 1 aliphatic heterocycles. The molecule has 0 N–H and O–H groups in total. The topological polar surface area (TPSA) is 44.8 Å². The Kier molecular flexibility index (Phi) is 5.96. The van der Waals surface area contributed by atoms with Crippen molar-refractivity contribution in [3.8, 4) is 5.75 Å². The van der Waals surface area contributed by atoms with E-state index < -0.39 is 0 Å². The lowest BCUT2D eigenvalue weighted by atomic mass is 10.1. The molecule has 1 heterocycles. The number of rotatable bonds is 6. The van der Waals surface area contributed by atoms with Gasteiger partial charge in [0.15, 0.2) is 5.78 Å². The third-order valence-corrected chi connectivity index (χ3v) is 3.55. The molecule has 0 spiro atoms. The summed E-state index contributed by atoms with van der Waals surface area (Å²) in [4.78, 5) is 11.3. The molecule has 0 saturated heterocycles. The third-order valence-electron chi connectivity index (χ3n) is 3.55. The maximum absolute atomic E-state index is 11.3. The van der Waals surface area contributed by atoms with Gasteiger partial charge in [0, 0.05) is 0 Å². The zero-order valence-electron chi connectivity index (χ0n) is 12.6. The molecule has 1 aromatic carbocycles. The summed E-state index contributed by atoms with van der Waals surface area (Å²) in [6, 6.07) is 7.82. The lowest BCUT2D eigenvalue weighted by Gasteiger charge is -2.24. The highest BCUT2D eigenvalue weighted by Gasteiger charge is 2.23. The number of benzene rings is 1. The van der Waals surface area contributed by atoms with Crippen LogP contribution < -0.4 is 4.74 Å². The highest BCUT2D eigenvalue weighted by Crippen LogP contribution is 2.18. The molecule has 21 heavy (non-hydrogen) atoms. The number of carbonyl (C=O) groups excluding carboxylic acids is 1. The Morgan fingerprint density at radius 2 is 2.10 bits per heavy atom. The summed E-state index contributed by atoms with van der Waals surface area (Å²) in [6.07, 6.45) is 4.96. The number of carbonyl (C=O) groups is 1. The Bertz CT molecular complexity index is 478. The lowest BCUT2D eigenvalue weighted by Crippen LogP contribution is -2.31. The van der Waals surface area contributed by atoms with E-state index in [0.717, 1.165) is 17.7 Å². The average molecular weight is 290 g/mol. The summed E-state index contributed by atoms with van der Waals surface area (Å²) in [5.74, 6) is 0.851. The Morgan fingerprint density at radius 1 is 1.33 bits per heavy atom.